The third-order valence-corrected chi connectivity index (χ3v) is 3.99. The molecule has 1 aromatic rings. The fraction of sp³-hybridized carbons (Fsp3) is 0.450. The lowest BCUT2D eigenvalue weighted by atomic mass is 9.85. The van der Waals surface area contributed by atoms with Gasteiger partial charge in [-0.3, -0.25) is 0 Å². The van der Waals surface area contributed by atoms with Crippen LogP contribution in [0.5, 0.6) is 0 Å². The third-order valence-electron chi connectivity index (χ3n) is 3.99. The molecule has 0 saturated carbocycles. The minimum Gasteiger partial charge on any atom is -0.388 e. The Kier molecular flexibility index (Phi) is 7.83. The van der Waals surface area contributed by atoms with Crippen LogP contribution in [0.15, 0.2) is 54.1 Å². The average molecular weight is 300 g/mol. The highest BCUT2D eigenvalue weighted by Gasteiger charge is 2.21. The summed E-state index contributed by atoms with van der Waals surface area (Å²) >= 11 is 0. The molecule has 0 aliphatic rings. The quantitative estimate of drug-likeness (QED) is 0.651. The molecule has 2 unspecified atom stereocenters. The number of carbonyl (C=O) groups excluding carboxylic acids is 1. The molecule has 22 heavy (non-hydrogen) atoms. The van der Waals surface area contributed by atoms with E-state index >= 15 is 0 Å². The van der Waals surface area contributed by atoms with Gasteiger partial charge in [0.05, 0.1) is 6.10 Å². The predicted molar refractivity (Wildman–Crippen MR) is 92.6 cm³/mol. The maximum Gasteiger partial charge on any atom is 0.130 e. The van der Waals surface area contributed by atoms with Crippen LogP contribution in [0, 0.1) is 5.92 Å². The summed E-state index contributed by atoms with van der Waals surface area (Å²) in [6, 6.07) is 9.75. The fourth-order valence-electron chi connectivity index (χ4n) is 2.56. The van der Waals surface area contributed by atoms with E-state index in [9.17, 15) is 9.90 Å². The fourth-order valence-corrected chi connectivity index (χ4v) is 2.56. The van der Waals surface area contributed by atoms with Crippen molar-refractivity contribution in [2.45, 2.75) is 52.6 Å². The Balaban J connectivity index is 2.62. The molecule has 0 aromatic heterocycles. The molecule has 0 bridgehead atoms. The predicted octanol–water partition coefficient (Wildman–Crippen LogP) is 5.01. The molecule has 0 saturated heterocycles. The number of allylic oxidation sites excluding steroid dienone is 2. The first-order valence-corrected chi connectivity index (χ1v) is 7.95. The van der Waals surface area contributed by atoms with Crippen molar-refractivity contribution in [3.8, 4) is 0 Å². The van der Waals surface area contributed by atoms with Crippen molar-refractivity contribution in [2.75, 3.05) is 0 Å². The Morgan fingerprint density at radius 1 is 1.18 bits per heavy atom. The van der Waals surface area contributed by atoms with Gasteiger partial charge in [0.2, 0.25) is 0 Å². The van der Waals surface area contributed by atoms with Gasteiger partial charge < -0.3 is 9.90 Å². The summed E-state index contributed by atoms with van der Waals surface area (Å²) in [4.78, 5) is 11.0. The van der Waals surface area contributed by atoms with Crippen LogP contribution in [0.25, 0.3) is 0 Å². The number of ketones is 1. The van der Waals surface area contributed by atoms with Gasteiger partial charge in [-0.15, -0.1) is 0 Å². The lowest BCUT2D eigenvalue weighted by Gasteiger charge is -2.24. The van der Waals surface area contributed by atoms with E-state index in [1.54, 1.807) is 6.92 Å². The summed E-state index contributed by atoms with van der Waals surface area (Å²) in [5.74, 6) is 0.280. The minimum absolute atomic E-state index is 0.0542. The van der Waals surface area contributed by atoms with Crippen LogP contribution < -0.4 is 0 Å². The Morgan fingerprint density at radius 3 is 2.36 bits per heavy atom. The number of aliphatic hydroxyl groups excluding tert-OH is 1. The van der Waals surface area contributed by atoms with Gasteiger partial charge in [0.15, 0.2) is 0 Å². The third kappa shape index (κ3) is 6.40. The summed E-state index contributed by atoms with van der Waals surface area (Å²) < 4.78 is 0. The van der Waals surface area contributed by atoms with Gasteiger partial charge >= 0.3 is 0 Å². The van der Waals surface area contributed by atoms with Gasteiger partial charge in [-0.25, -0.2) is 0 Å². The maximum absolute atomic E-state index is 11.0. The summed E-state index contributed by atoms with van der Waals surface area (Å²) in [6.07, 6.45) is 4.82. The van der Waals surface area contributed by atoms with Crippen LogP contribution in [0.3, 0.4) is 0 Å². The number of hydrogen-bond donors (Lipinski definition) is 1. The van der Waals surface area contributed by atoms with Crippen molar-refractivity contribution in [2.24, 2.45) is 5.92 Å². The van der Waals surface area contributed by atoms with Crippen molar-refractivity contribution < 1.29 is 9.90 Å². The van der Waals surface area contributed by atoms with Gasteiger partial charge in [-0.05, 0) is 45.6 Å². The molecule has 0 amide bonds. The van der Waals surface area contributed by atoms with Crippen LogP contribution >= 0.6 is 0 Å². The number of Topliss-reactive ketones (excluding diaryl/α,β-unsaturated/α-hetero) is 1. The van der Waals surface area contributed by atoms with E-state index in [2.05, 4.69) is 19.6 Å². The molecule has 0 aliphatic carbocycles. The van der Waals surface area contributed by atoms with Crippen LogP contribution in [0.2, 0.25) is 0 Å². The Morgan fingerprint density at radius 2 is 1.82 bits per heavy atom. The molecule has 0 aliphatic heterocycles. The van der Waals surface area contributed by atoms with E-state index in [-0.39, 0.29) is 11.7 Å². The lowest BCUT2D eigenvalue weighted by molar-refractivity contribution is -0.116. The number of hydrogen-bond acceptors (Lipinski definition) is 2. The topological polar surface area (TPSA) is 37.3 Å². The van der Waals surface area contributed by atoms with Crippen molar-refractivity contribution >= 4 is 5.78 Å². The van der Waals surface area contributed by atoms with Crippen molar-refractivity contribution in [3.63, 3.8) is 0 Å². The zero-order valence-corrected chi connectivity index (χ0v) is 14.0. The maximum atomic E-state index is 11.0. The van der Waals surface area contributed by atoms with E-state index in [4.69, 9.17) is 0 Å². The summed E-state index contributed by atoms with van der Waals surface area (Å²) in [5.41, 5.74) is 3.22. The SMILES string of the molecule is C=C(C)C(CC/C(C)=C/CCC(C)=O)C(O)c1ccccc1. The van der Waals surface area contributed by atoms with Gasteiger partial charge in [-0.2, -0.15) is 0 Å². The highest BCUT2D eigenvalue weighted by molar-refractivity contribution is 5.75. The van der Waals surface area contributed by atoms with Gasteiger partial charge in [0, 0.05) is 12.3 Å². The molecule has 1 N–H and O–H groups in total. The van der Waals surface area contributed by atoms with Crippen molar-refractivity contribution in [1.29, 1.82) is 0 Å². The molecule has 2 atom stereocenters. The molecule has 0 fully saturated rings. The molecule has 1 aromatic carbocycles. The molecule has 0 heterocycles. The zero-order chi connectivity index (χ0) is 16.5. The van der Waals surface area contributed by atoms with Gasteiger partial charge in [0.25, 0.3) is 0 Å². The van der Waals surface area contributed by atoms with E-state index in [0.29, 0.717) is 6.42 Å². The standard InChI is InChI=1S/C20H28O2/c1-15(2)19(20(22)18-11-6-5-7-12-18)14-13-16(3)9-8-10-17(4)21/h5-7,9,11-12,19-20,22H,1,8,10,13-14H2,2-4H3/b16-9+. The van der Waals surface area contributed by atoms with Gasteiger partial charge in [0.1, 0.15) is 5.78 Å². The highest BCUT2D eigenvalue weighted by atomic mass is 16.3. The number of benzene rings is 1. The Labute approximate surface area is 134 Å². The largest absolute Gasteiger partial charge is 0.388 e. The lowest BCUT2D eigenvalue weighted by Crippen LogP contribution is -2.14. The van der Waals surface area contributed by atoms with Crippen molar-refractivity contribution in [3.05, 3.63) is 59.7 Å². The first-order valence-electron chi connectivity index (χ1n) is 7.95. The molecule has 0 radical (unpaired) electrons. The Hall–Kier alpha value is -1.67. The smallest absolute Gasteiger partial charge is 0.130 e. The average Bonchev–Trinajstić information content (AvgIpc) is 2.47. The number of carbonyl (C=O) groups is 1. The van der Waals surface area contributed by atoms with E-state index < -0.39 is 6.10 Å². The zero-order valence-electron chi connectivity index (χ0n) is 14.0. The van der Waals surface area contributed by atoms with E-state index in [0.717, 1.165) is 30.4 Å². The van der Waals surface area contributed by atoms with E-state index in [1.807, 2.05) is 37.3 Å². The number of rotatable bonds is 9. The molecule has 2 heteroatoms. The minimum atomic E-state index is -0.510. The first-order chi connectivity index (χ1) is 10.4. The molecule has 0 spiro atoms. The number of aliphatic hydroxyl groups is 1. The van der Waals surface area contributed by atoms with Gasteiger partial charge in [-0.1, -0.05) is 54.1 Å². The second kappa shape index (κ2) is 9.37. The first kappa shape index (κ1) is 18.4. The second-order valence-corrected chi connectivity index (χ2v) is 6.14. The molecule has 120 valence electrons. The molecular formula is C20H28O2. The summed E-state index contributed by atoms with van der Waals surface area (Å²) in [5, 5.41) is 10.6. The molecule has 2 nitrogen and oxygen atoms in total. The van der Waals surface area contributed by atoms with E-state index in [1.165, 1.54) is 5.57 Å². The molecule has 1 rings (SSSR count). The normalized spacial score (nSPS) is 14.5. The van der Waals surface area contributed by atoms with Crippen LogP contribution in [0.4, 0.5) is 0 Å². The summed E-state index contributed by atoms with van der Waals surface area (Å²) in [6.45, 7) is 9.73. The highest BCUT2D eigenvalue weighted by Crippen LogP contribution is 2.31. The summed E-state index contributed by atoms with van der Waals surface area (Å²) in [7, 11) is 0. The Bertz CT molecular complexity index is 514. The van der Waals surface area contributed by atoms with Crippen LogP contribution in [-0.4, -0.2) is 10.9 Å². The van der Waals surface area contributed by atoms with Crippen LogP contribution in [0.1, 0.15) is 58.1 Å². The second-order valence-electron chi connectivity index (χ2n) is 6.14. The molecular weight excluding hydrogens is 272 g/mol. The van der Waals surface area contributed by atoms with Crippen molar-refractivity contribution in [1.82, 2.24) is 0 Å². The van der Waals surface area contributed by atoms with Crippen LogP contribution in [-0.2, 0) is 4.79 Å². The monoisotopic (exact) mass is 300 g/mol.